The van der Waals surface area contributed by atoms with Crippen LogP contribution in [0.2, 0.25) is 10.0 Å². The predicted octanol–water partition coefficient (Wildman–Crippen LogP) is 5.29. The van der Waals surface area contributed by atoms with Gasteiger partial charge in [0.15, 0.2) is 0 Å². The number of fused-ring (bicyclic) bond motifs is 1. The highest BCUT2D eigenvalue weighted by Gasteiger charge is 2.26. The zero-order valence-corrected chi connectivity index (χ0v) is 18.1. The molecular weight excluding hydrogens is 405 g/mol. The van der Waals surface area contributed by atoms with Gasteiger partial charge in [-0.2, -0.15) is 0 Å². The van der Waals surface area contributed by atoms with Crippen molar-refractivity contribution in [2.24, 2.45) is 0 Å². The van der Waals surface area contributed by atoms with Gasteiger partial charge in [-0.15, -0.1) is 0 Å². The number of pyridine rings is 1. The first-order valence-corrected chi connectivity index (χ1v) is 10.6. The number of hydrogen-bond acceptors (Lipinski definition) is 3. The summed E-state index contributed by atoms with van der Waals surface area (Å²) in [6.07, 6.45) is 0. The van der Waals surface area contributed by atoms with Crippen LogP contribution in [0.25, 0.3) is 22.2 Å². The first-order chi connectivity index (χ1) is 14.0. The van der Waals surface area contributed by atoms with E-state index in [-0.39, 0.29) is 5.91 Å². The van der Waals surface area contributed by atoms with Gasteiger partial charge in [-0.3, -0.25) is 4.79 Å². The molecule has 1 saturated heterocycles. The molecule has 2 aromatic carbocycles. The van der Waals surface area contributed by atoms with Crippen LogP contribution in [0.15, 0.2) is 42.5 Å². The Bertz CT molecular complexity index is 1080. The number of carbonyl (C=O) groups is 1. The number of rotatable bonds is 3. The van der Waals surface area contributed by atoms with Crippen LogP contribution < -0.4 is 0 Å². The lowest BCUT2D eigenvalue weighted by Gasteiger charge is -2.34. The normalized spacial score (nSPS) is 15.1. The Morgan fingerprint density at radius 3 is 2.48 bits per heavy atom. The Balaban J connectivity index is 1.85. The summed E-state index contributed by atoms with van der Waals surface area (Å²) in [4.78, 5) is 22.7. The molecule has 0 aliphatic carbocycles. The smallest absolute Gasteiger partial charge is 0.254 e. The van der Waals surface area contributed by atoms with Crippen LogP contribution in [0.5, 0.6) is 0 Å². The van der Waals surface area contributed by atoms with Crippen molar-refractivity contribution in [2.45, 2.75) is 13.8 Å². The number of amides is 1. The van der Waals surface area contributed by atoms with Gasteiger partial charge in [0.1, 0.15) is 0 Å². The van der Waals surface area contributed by atoms with Gasteiger partial charge in [0, 0.05) is 42.2 Å². The first kappa shape index (κ1) is 20.1. The fraction of sp³-hybridized carbons (Fsp3) is 0.304. The molecule has 2 heterocycles. The van der Waals surface area contributed by atoms with Crippen molar-refractivity contribution in [1.29, 1.82) is 0 Å². The number of piperazine rings is 1. The highest BCUT2D eigenvalue weighted by molar-refractivity contribution is 6.36. The van der Waals surface area contributed by atoms with Crippen molar-refractivity contribution < 1.29 is 4.79 Å². The second-order valence-electron chi connectivity index (χ2n) is 7.33. The van der Waals surface area contributed by atoms with Crippen molar-refractivity contribution in [3.63, 3.8) is 0 Å². The molecule has 150 valence electrons. The van der Waals surface area contributed by atoms with Crippen molar-refractivity contribution >= 4 is 40.0 Å². The molecule has 3 aromatic rings. The average molecular weight is 428 g/mol. The molecule has 1 aromatic heterocycles. The minimum Gasteiger partial charge on any atom is -0.336 e. The molecule has 0 spiro atoms. The molecule has 6 heteroatoms. The summed E-state index contributed by atoms with van der Waals surface area (Å²) < 4.78 is 0. The average Bonchev–Trinajstić information content (AvgIpc) is 2.73. The van der Waals surface area contributed by atoms with E-state index in [0.29, 0.717) is 15.6 Å². The summed E-state index contributed by atoms with van der Waals surface area (Å²) >= 11 is 12.6. The van der Waals surface area contributed by atoms with E-state index in [1.54, 1.807) is 12.1 Å². The van der Waals surface area contributed by atoms with Crippen molar-refractivity contribution in [3.8, 4) is 11.3 Å². The Hall–Kier alpha value is -2.14. The number of likely N-dealkylation sites (N-methyl/N-ethyl adjacent to an activating group) is 1. The summed E-state index contributed by atoms with van der Waals surface area (Å²) in [6, 6.07) is 13.2. The van der Waals surface area contributed by atoms with Gasteiger partial charge >= 0.3 is 0 Å². The Morgan fingerprint density at radius 2 is 1.79 bits per heavy atom. The minimum atomic E-state index is 0.0585. The predicted molar refractivity (Wildman–Crippen MR) is 120 cm³/mol. The standard InChI is InChI=1S/C23H23Cl2N3O/c1-3-27-10-12-28(13-11-27)23(29)21-15(2)22(17-9-8-16(24)14-19(17)25)26-20-7-5-4-6-18(20)21/h4-9,14H,3,10-13H2,1-2H3. The molecule has 0 radical (unpaired) electrons. The molecule has 0 bridgehead atoms. The number of carbonyl (C=O) groups excluding carboxylic acids is 1. The van der Waals surface area contributed by atoms with Crippen LogP contribution in [0.4, 0.5) is 0 Å². The lowest BCUT2D eigenvalue weighted by atomic mass is 9.96. The molecule has 29 heavy (non-hydrogen) atoms. The molecule has 0 atom stereocenters. The summed E-state index contributed by atoms with van der Waals surface area (Å²) in [5.41, 5.74) is 3.84. The van der Waals surface area contributed by atoms with Gasteiger partial charge in [-0.1, -0.05) is 48.3 Å². The summed E-state index contributed by atoms with van der Waals surface area (Å²) in [5.74, 6) is 0.0585. The fourth-order valence-electron chi connectivity index (χ4n) is 3.95. The quantitative estimate of drug-likeness (QED) is 0.569. The Labute approximate surface area is 181 Å². The van der Waals surface area contributed by atoms with E-state index in [1.807, 2.05) is 42.2 Å². The lowest BCUT2D eigenvalue weighted by Crippen LogP contribution is -2.48. The second kappa shape index (κ2) is 8.31. The van der Waals surface area contributed by atoms with Crippen LogP contribution in [0.3, 0.4) is 0 Å². The minimum absolute atomic E-state index is 0.0585. The highest BCUT2D eigenvalue weighted by Crippen LogP contribution is 2.35. The first-order valence-electron chi connectivity index (χ1n) is 9.86. The maximum Gasteiger partial charge on any atom is 0.254 e. The maximum atomic E-state index is 13.6. The summed E-state index contributed by atoms with van der Waals surface area (Å²) in [6.45, 7) is 8.40. The van der Waals surface area contributed by atoms with Crippen LogP contribution in [0.1, 0.15) is 22.8 Å². The van der Waals surface area contributed by atoms with Gasteiger partial charge in [-0.05, 0) is 43.3 Å². The molecule has 4 nitrogen and oxygen atoms in total. The zero-order valence-electron chi connectivity index (χ0n) is 16.6. The number of nitrogens with zero attached hydrogens (tertiary/aromatic N) is 3. The molecule has 1 aliphatic heterocycles. The third kappa shape index (κ3) is 3.85. The molecule has 1 aliphatic rings. The SMILES string of the molecule is CCN1CCN(C(=O)c2c(C)c(-c3ccc(Cl)cc3Cl)nc3ccccc23)CC1. The maximum absolute atomic E-state index is 13.6. The van der Waals surface area contributed by atoms with E-state index >= 15 is 0 Å². The van der Waals surface area contributed by atoms with E-state index in [9.17, 15) is 4.79 Å². The lowest BCUT2D eigenvalue weighted by molar-refractivity contribution is 0.0644. The van der Waals surface area contributed by atoms with Gasteiger partial charge < -0.3 is 9.80 Å². The van der Waals surface area contributed by atoms with Gasteiger partial charge in [0.05, 0.1) is 21.8 Å². The molecular formula is C23H23Cl2N3O. The van der Waals surface area contributed by atoms with E-state index in [4.69, 9.17) is 28.2 Å². The van der Waals surface area contributed by atoms with Crippen LogP contribution >= 0.6 is 23.2 Å². The van der Waals surface area contributed by atoms with Gasteiger partial charge in [0.25, 0.3) is 5.91 Å². The Kier molecular flexibility index (Phi) is 5.77. The molecule has 0 saturated carbocycles. The van der Waals surface area contributed by atoms with E-state index < -0.39 is 0 Å². The molecule has 0 unspecified atom stereocenters. The third-order valence-corrected chi connectivity index (χ3v) is 6.19. The van der Waals surface area contributed by atoms with E-state index in [2.05, 4.69) is 11.8 Å². The number of benzene rings is 2. The largest absolute Gasteiger partial charge is 0.336 e. The molecule has 0 N–H and O–H groups in total. The number of halogens is 2. The number of aromatic nitrogens is 1. The zero-order chi connectivity index (χ0) is 20.5. The third-order valence-electron chi connectivity index (χ3n) is 5.64. The van der Waals surface area contributed by atoms with Crippen molar-refractivity contribution in [3.05, 3.63) is 63.6 Å². The monoisotopic (exact) mass is 427 g/mol. The fourth-order valence-corrected chi connectivity index (χ4v) is 4.45. The summed E-state index contributed by atoms with van der Waals surface area (Å²) in [7, 11) is 0. The van der Waals surface area contributed by atoms with Crippen LogP contribution in [0, 0.1) is 6.92 Å². The number of hydrogen-bond donors (Lipinski definition) is 0. The van der Waals surface area contributed by atoms with Crippen molar-refractivity contribution in [2.75, 3.05) is 32.7 Å². The van der Waals surface area contributed by atoms with Crippen LogP contribution in [-0.2, 0) is 0 Å². The molecule has 1 amide bonds. The van der Waals surface area contributed by atoms with E-state index in [0.717, 1.165) is 60.4 Å². The number of para-hydroxylation sites is 1. The highest BCUT2D eigenvalue weighted by atomic mass is 35.5. The van der Waals surface area contributed by atoms with Gasteiger partial charge in [-0.25, -0.2) is 4.98 Å². The van der Waals surface area contributed by atoms with Crippen molar-refractivity contribution in [1.82, 2.24) is 14.8 Å². The van der Waals surface area contributed by atoms with E-state index in [1.165, 1.54) is 0 Å². The molecule has 4 rings (SSSR count). The van der Waals surface area contributed by atoms with Gasteiger partial charge in [0.2, 0.25) is 0 Å². The topological polar surface area (TPSA) is 36.4 Å². The second-order valence-corrected chi connectivity index (χ2v) is 8.17. The Morgan fingerprint density at radius 1 is 1.07 bits per heavy atom. The van der Waals surface area contributed by atoms with Crippen LogP contribution in [-0.4, -0.2) is 53.4 Å². The summed E-state index contributed by atoms with van der Waals surface area (Å²) in [5, 5.41) is 1.97. The molecule has 1 fully saturated rings.